The van der Waals surface area contributed by atoms with Crippen LogP contribution in [0.4, 0.5) is 0 Å². The lowest BCUT2D eigenvalue weighted by atomic mass is 9.96. The fourth-order valence-corrected chi connectivity index (χ4v) is 2.86. The van der Waals surface area contributed by atoms with E-state index in [2.05, 4.69) is 5.32 Å². The summed E-state index contributed by atoms with van der Waals surface area (Å²) >= 11 is 5.98. The molecule has 0 saturated carbocycles. The minimum absolute atomic E-state index is 0.0187. The summed E-state index contributed by atoms with van der Waals surface area (Å²) in [6, 6.07) is 5.33. The Morgan fingerprint density at radius 3 is 2.64 bits per heavy atom. The van der Waals surface area contributed by atoms with Crippen molar-refractivity contribution < 1.29 is 14.3 Å². The van der Waals surface area contributed by atoms with Gasteiger partial charge in [0.15, 0.2) is 0 Å². The number of carbonyl (C=O) groups excluding carboxylic acids is 2. The van der Waals surface area contributed by atoms with Crippen molar-refractivity contribution >= 4 is 23.4 Å². The number of hydrogen-bond acceptors (Lipinski definition) is 3. The summed E-state index contributed by atoms with van der Waals surface area (Å²) in [5, 5.41) is 3.54. The molecule has 0 radical (unpaired) electrons. The summed E-state index contributed by atoms with van der Waals surface area (Å²) in [5.41, 5.74) is 0.851. The highest BCUT2D eigenvalue weighted by Gasteiger charge is 2.25. The maximum absolute atomic E-state index is 12.2. The predicted molar refractivity (Wildman–Crippen MR) is 84.8 cm³/mol. The van der Waals surface area contributed by atoms with Crippen LogP contribution in [0.15, 0.2) is 18.2 Å². The number of halogens is 1. The molecule has 1 saturated heterocycles. The molecule has 0 aliphatic carbocycles. The topological polar surface area (TPSA) is 58.6 Å². The Bertz CT molecular complexity index is 554. The van der Waals surface area contributed by atoms with E-state index in [1.807, 2.05) is 0 Å². The first-order chi connectivity index (χ1) is 10.5. The number of likely N-dealkylation sites (tertiary alicyclic amines) is 1. The van der Waals surface area contributed by atoms with Gasteiger partial charge in [0.2, 0.25) is 11.8 Å². The van der Waals surface area contributed by atoms with E-state index in [1.54, 1.807) is 37.1 Å². The van der Waals surface area contributed by atoms with Crippen LogP contribution < -0.4 is 10.1 Å². The lowest BCUT2D eigenvalue weighted by Gasteiger charge is -2.30. The van der Waals surface area contributed by atoms with Gasteiger partial charge in [0.25, 0.3) is 0 Å². The number of nitrogens with zero attached hydrogens (tertiary/aromatic N) is 1. The molecule has 1 fully saturated rings. The van der Waals surface area contributed by atoms with Crippen LogP contribution in [0.5, 0.6) is 5.75 Å². The third kappa shape index (κ3) is 4.13. The average molecular weight is 325 g/mol. The number of methoxy groups -OCH3 is 1. The summed E-state index contributed by atoms with van der Waals surface area (Å²) < 4.78 is 5.26. The third-order valence-electron chi connectivity index (χ3n) is 4.01. The monoisotopic (exact) mass is 324 g/mol. The Balaban J connectivity index is 1.88. The van der Waals surface area contributed by atoms with Crippen molar-refractivity contribution in [3.05, 3.63) is 28.8 Å². The van der Waals surface area contributed by atoms with E-state index in [0.29, 0.717) is 43.2 Å². The smallest absolute Gasteiger partial charge is 0.223 e. The first-order valence-electron chi connectivity index (χ1n) is 7.37. The fraction of sp³-hybridized carbons (Fsp3) is 0.500. The van der Waals surface area contributed by atoms with Crippen LogP contribution in [0.25, 0.3) is 0 Å². The second-order valence-corrected chi connectivity index (χ2v) is 5.89. The van der Waals surface area contributed by atoms with Gasteiger partial charge in [-0.05, 0) is 31.0 Å². The molecular weight excluding hydrogens is 304 g/mol. The molecule has 0 spiro atoms. The molecule has 0 atom stereocenters. The molecule has 1 aromatic carbocycles. The predicted octanol–water partition coefficient (Wildman–Crippen LogP) is 2.22. The number of benzene rings is 1. The maximum Gasteiger partial charge on any atom is 0.223 e. The lowest BCUT2D eigenvalue weighted by Crippen LogP contribution is -2.42. The summed E-state index contributed by atoms with van der Waals surface area (Å²) in [6.45, 7) is 3.24. The standard InChI is InChI=1S/C16H21ClN2O3/c1-11(20)19-7-5-12(6-8-19)16(21)18-10-13-9-14(17)3-4-15(13)22-2/h3-4,9,12H,5-8,10H2,1-2H3,(H,18,21). The van der Waals surface area contributed by atoms with Crippen LogP contribution >= 0.6 is 11.6 Å². The SMILES string of the molecule is COc1ccc(Cl)cc1CNC(=O)C1CCN(C(C)=O)CC1. The van der Waals surface area contributed by atoms with Gasteiger partial charge in [-0.25, -0.2) is 0 Å². The normalized spacial score (nSPS) is 15.5. The van der Waals surface area contributed by atoms with Gasteiger partial charge >= 0.3 is 0 Å². The molecular formula is C16H21ClN2O3. The highest BCUT2D eigenvalue weighted by atomic mass is 35.5. The second-order valence-electron chi connectivity index (χ2n) is 5.45. The summed E-state index contributed by atoms with van der Waals surface area (Å²) in [6.07, 6.45) is 1.41. The van der Waals surface area contributed by atoms with Crippen LogP contribution in [-0.2, 0) is 16.1 Å². The molecule has 0 bridgehead atoms. The van der Waals surface area contributed by atoms with Gasteiger partial charge in [0.1, 0.15) is 5.75 Å². The molecule has 1 heterocycles. The number of ether oxygens (including phenoxy) is 1. The largest absolute Gasteiger partial charge is 0.496 e. The summed E-state index contributed by atoms with van der Waals surface area (Å²) in [5.74, 6) is 0.754. The zero-order valence-electron chi connectivity index (χ0n) is 12.9. The van der Waals surface area contributed by atoms with Gasteiger partial charge in [-0.3, -0.25) is 9.59 Å². The van der Waals surface area contributed by atoms with Gasteiger partial charge in [-0.15, -0.1) is 0 Å². The van der Waals surface area contributed by atoms with Gasteiger partial charge < -0.3 is 15.0 Å². The lowest BCUT2D eigenvalue weighted by molar-refractivity contribution is -0.134. The Hall–Kier alpha value is -1.75. The molecule has 0 aromatic heterocycles. The minimum atomic E-state index is -0.0409. The van der Waals surface area contributed by atoms with E-state index >= 15 is 0 Å². The average Bonchev–Trinajstić information content (AvgIpc) is 2.52. The molecule has 6 heteroatoms. The van der Waals surface area contributed by atoms with Crippen LogP contribution in [0, 0.1) is 5.92 Å². The fourth-order valence-electron chi connectivity index (χ4n) is 2.67. The Kier molecular flexibility index (Phi) is 5.66. The van der Waals surface area contributed by atoms with E-state index in [9.17, 15) is 9.59 Å². The number of carbonyl (C=O) groups is 2. The number of nitrogens with one attached hydrogen (secondary N) is 1. The van der Waals surface area contributed by atoms with Crippen molar-refractivity contribution in [3.63, 3.8) is 0 Å². The molecule has 22 heavy (non-hydrogen) atoms. The number of rotatable bonds is 4. The third-order valence-corrected chi connectivity index (χ3v) is 4.24. The zero-order valence-corrected chi connectivity index (χ0v) is 13.7. The molecule has 2 rings (SSSR count). The molecule has 1 aliphatic heterocycles. The molecule has 1 N–H and O–H groups in total. The van der Waals surface area contributed by atoms with Gasteiger partial charge in [-0.2, -0.15) is 0 Å². The molecule has 1 aliphatic rings. The first kappa shape index (κ1) is 16.6. The minimum Gasteiger partial charge on any atom is -0.496 e. The van der Waals surface area contributed by atoms with Crippen molar-refractivity contribution in [1.29, 1.82) is 0 Å². The molecule has 2 amide bonds. The van der Waals surface area contributed by atoms with Crippen molar-refractivity contribution in [3.8, 4) is 5.75 Å². The molecule has 120 valence electrons. The maximum atomic E-state index is 12.2. The van der Waals surface area contributed by atoms with E-state index in [-0.39, 0.29) is 17.7 Å². The Morgan fingerprint density at radius 2 is 2.05 bits per heavy atom. The van der Waals surface area contributed by atoms with Gasteiger partial charge in [0.05, 0.1) is 7.11 Å². The molecule has 1 aromatic rings. The Labute approximate surface area is 135 Å². The van der Waals surface area contributed by atoms with Crippen molar-refractivity contribution in [2.75, 3.05) is 20.2 Å². The van der Waals surface area contributed by atoms with Crippen LogP contribution in [-0.4, -0.2) is 36.9 Å². The van der Waals surface area contributed by atoms with E-state index < -0.39 is 0 Å². The quantitative estimate of drug-likeness (QED) is 0.924. The Morgan fingerprint density at radius 1 is 1.36 bits per heavy atom. The molecule has 0 unspecified atom stereocenters. The number of piperidine rings is 1. The number of hydrogen-bond donors (Lipinski definition) is 1. The highest BCUT2D eigenvalue weighted by Crippen LogP contribution is 2.23. The van der Waals surface area contributed by atoms with Crippen LogP contribution in [0.2, 0.25) is 5.02 Å². The van der Waals surface area contributed by atoms with E-state index in [0.717, 1.165) is 5.56 Å². The van der Waals surface area contributed by atoms with Crippen LogP contribution in [0.1, 0.15) is 25.3 Å². The first-order valence-corrected chi connectivity index (χ1v) is 7.74. The van der Waals surface area contributed by atoms with Crippen molar-refractivity contribution in [2.45, 2.75) is 26.3 Å². The number of amides is 2. The van der Waals surface area contributed by atoms with Crippen molar-refractivity contribution in [2.24, 2.45) is 5.92 Å². The second kappa shape index (κ2) is 7.49. The van der Waals surface area contributed by atoms with E-state index in [1.165, 1.54) is 0 Å². The zero-order chi connectivity index (χ0) is 16.1. The van der Waals surface area contributed by atoms with Gasteiger partial charge in [0, 0.05) is 43.1 Å². The summed E-state index contributed by atoms with van der Waals surface area (Å²) in [7, 11) is 1.59. The van der Waals surface area contributed by atoms with Crippen LogP contribution in [0.3, 0.4) is 0 Å². The van der Waals surface area contributed by atoms with E-state index in [4.69, 9.17) is 16.3 Å². The molecule has 5 nitrogen and oxygen atoms in total. The highest BCUT2D eigenvalue weighted by molar-refractivity contribution is 6.30. The van der Waals surface area contributed by atoms with Crippen molar-refractivity contribution in [1.82, 2.24) is 10.2 Å². The van der Waals surface area contributed by atoms with Gasteiger partial charge in [-0.1, -0.05) is 11.6 Å². The summed E-state index contributed by atoms with van der Waals surface area (Å²) in [4.78, 5) is 25.3.